The summed E-state index contributed by atoms with van der Waals surface area (Å²) in [6.07, 6.45) is 4.40. The minimum Gasteiger partial charge on any atom is -0.490 e. The quantitative estimate of drug-likeness (QED) is 0.583. The van der Waals surface area contributed by atoms with E-state index in [2.05, 4.69) is 15.3 Å². The second-order valence-corrected chi connectivity index (χ2v) is 6.73. The number of para-hydroxylation sites is 1. The predicted molar refractivity (Wildman–Crippen MR) is 95.6 cm³/mol. The standard InChI is InChI=1S/C18H18F2N2O3S/c1-2-24-13-7-3-6-12(16(13)25-18(19)20)10-21-22-17(23)15-9-11-5-4-8-14(11)26-15/h3,6-7,9-10,18H,2,4-5,8H2,1H3,(H,22,23)/b21-10-. The minimum atomic E-state index is -2.99. The Labute approximate surface area is 153 Å². The Bertz CT molecular complexity index is 799. The number of aryl methyl sites for hydroxylation is 2. The van der Waals surface area contributed by atoms with Crippen molar-refractivity contribution < 1.29 is 23.0 Å². The number of amides is 1. The van der Waals surface area contributed by atoms with Crippen LogP contribution in [0.15, 0.2) is 29.4 Å². The first-order valence-electron chi connectivity index (χ1n) is 8.24. The van der Waals surface area contributed by atoms with E-state index in [9.17, 15) is 13.6 Å². The van der Waals surface area contributed by atoms with E-state index in [0.29, 0.717) is 11.5 Å². The highest BCUT2D eigenvalue weighted by Crippen LogP contribution is 2.32. The molecule has 0 atom stereocenters. The van der Waals surface area contributed by atoms with Gasteiger partial charge in [0.25, 0.3) is 5.91 Å². The summed E-state index contributed by atoms with van der Waals surface area (Å²) < 4.78 is 35.2. The fourth-order valence-corrected chi connectivity index (χ4v) is 3.92. The van der Waals surface area contributed by atoms with Crippen molar-refractivity contribution in [2.45, 2.75) is 32.8 Å². The third-order valence-corrected chi connectivity index (χ3v) is 5.09. The average molecular weight is 380 g/mol. The van der Waals surface area contributed by atoms with Gasteiger partial charge in [0.1, 0.15) is 0 Å². The van der Waals surface area contributed by atoms with Crippen LogP contribution in [-0.2, 0) is 12.8 Å². The van der Waals surface area contributed by atoms with Crippen LogP contribution in [0.1, 0.15) is 39.0 Å². The molecule has 0 aliphatic heterocycles. The van der Waals surface area contributed by atoms with Crippen LogP contribution in [0.3, 0.4) is 0 Å². The number of ether oxygens (including phenoxy) is 2. The molecule has 0 unspecified atom stereocenters. The second kappa shape index (κ2) is 8.27. The molecule has 0 bridgehead atoms. The van der Waals surface area contributed by atoms with Gasteiger partial charge in [0.2, 0.25) is 0 Å². The monoisotopic (exact) mass is 380 g/mol. The number of hydrogen-bond donors (Lipinski definition) is 1. The molecule has 1 aromatic carbocycles. The van der Waals surface area contributed by atoms with E-state index in [1.54, 1.807) is 19.1 Å². The Hall–Kier alpha value is -2.48. The first-order valence-corrected chi connectivity index (χ1v) is 9.05. The molecular formula is C18H18F2N2O3S. The van der Waals surface area contributed by atoms with Crippen LogP contribution in [0, 0.1) is 0 Å². The Morgan fingerprint density at radius 3 is 3.00 bits per heavy atom. The number of rotatable bonds is 7. The Kier molecular flexibility index (Phi) is 5.82. The molecule has 8 heteroatoms. The van der Waals surface area contributed by atoms with E-state index in [1.165, 1.54) is 34.1 Å². The van der Waals surface area contributed by atoms with Crippen LogP contribution in [0.25, 0.3) is 0 Å². The van der Waals surface area contributed by atoms with Crippen molar-refractivity contribution in [3.05, 3.63) is 45.1 Å². The number of carbonyl (C=O) groups is 1. The molecule has 0 radical (unpaired) electrons. The molecule has 0 spiro atoms. The molecule has 1 N–H and O–H groups in total. The summed E-state index contributed by atoms with van der Waals surface area (Å²) in [5, 5.41) is 3.87. The Morgan fingerprint density at radius 1 is 1.42 bits per heavy atom. The molecule has 1 aliphatic carbocycles. The number of halogens is 2. The lowest BCUT2D eigenvalue weighted by molar-refractivity contribution is -0.0515. The summed E-state index contributed by atoms with van der Waals surface area (Å²) in [5.74, 6) is -0.242. The van der Waals surface area contributed by atoms with Crippen molar-refractivity contribution in [1.82, 2.24) is 5.43 Å². The van der Waals surface area contributed by atoms with Gasteiger partial charge in [-0.3, -0.25) is 4.79 Å². The van der Waals surface area contributed by atoms with Gasteiger partial charge in [-0.05, 0) is 49.9 Å². The van der Waals surface area contributed by atoms with Crippen LogP contribution >= 0.6 is 11.3 Å². The van der Waals surface area contributed by atoms with E-state index >= 15 is 0 Å². The fourth-order valence-electron chi connectivity index (χ4n) is 2.78. The van der Waals surface area contributed by atoms with Gasteiger partial charge in [-0.2, -0.15) is 13.9 Å². The summed E-state index contributed by atoms with van der Waals surface area (Å²) in [7, 11) is 0. The molecule has 1 aromatic heterocycles. The zero-order valence-corrected chi connectivity index (χ0v) is 14.9. The van der Waals surface area contributed by atoms with Crippen molar-refractivity contribution in [3.8, 4) is 11.5 Å². The Morgan fingerprint density at radius 2 is 2.27 bits per heavy atom. The molecule has 3 rings (SSSR count). The molecule has 1 heterocycles. The number of nitrogens with zero attached hydrogens (tertiary/aromatic N) is 1. The van der Waals surface area contributed by atoms with E-state index in [4.69, 9.17) is 4.74 Å². The van der Waals surface area contributed by atoms with Crippen LogP contribution in [0.2, 0.25) is 0 Å². The summed E-state index contributed by atoms with van der Waals surface area (Å²) in [5.41, 5.74) is 3.93. The second-order valence-electron chi connectivity index (χ2n) is 5.60. The molecule has 0 fully saturated rings. The zero-order valence-electron chi connectivity index (χ0n) is 14.1. The van der Waals surface area contributed by atoms with E-state index in [1.807, 2.05) is 6.07 Å². The number of hydrazone groups is 1. The maximum atomic E-state index is 12.7. The smallest absolute Gasteiger partial charge is 0.387 e. The van der Waals surface area contributed by atoms with Gasteiger partial charge in [0.15, 0.2) is 11.5 Å². The van der Waals surface area contributed by atoms with Gasteiger partial charge in [0.05, 0.1) is 17.7 Å². The van der Waals surface area contributed by atoms with Gasteiger partial charge in [-0.25, -0.2) is 5.43 Å². The van der Waals surface area contributed by atoms with E-state index < -0.39 is 6.61 Å². The largest absolute Gasteiger partial charge is 0.490 e. The van der Waals surface area contributed by atoms with Crippen molar-refractivity contribution in [2.24, 2.45) is 5.10 Å². The summed E-state index contributed by atoms with van der Waals surface area (Å²) in [4.78, 5) is 14.0. The average Bonchev–Trinajstić information content (AvgIpc) is 3.19. The normalized spacial score (nSPS) is 13.2. The lowest BCUT2D eigenvalue weighted by atomic mass is 10.2. The van der Waals surface area contributed by atoms with Crippen LogP contribution in [-0.4, -0.2) is 25.3 Å². The van der Waals surface area contributed by atoms with Gasteiger partial charge in [0, 0.05) is 10.4 Å². The molecule has 0 saturated heterocycles. The summed E-state index contributed by atoms with van der Waals surface area (Å²) in [6, 6.07) is 6.61. The highest BCUT2D eigenvalue weighted by molar-refractivity contribution is 7.14. The summed E-state index contributed by atoms with van der Waals surface area (Å²) >= 11 is 1.47. The highest BCUT2D eigenvalue weighted by Gasteiger charge is 2.18. The number of fused-ring (bicyclic) bond motifs is 1. The van der Waals surface area contributed by atoms with Gasteiger partial charge in [-0.1, -0.05) is 6.07 Å². The lowest BCUT2D eigenvalue weighted by Gasteiger charge is -2.13. The highest BCUT2D eigenvalue weighted by atomic mass is 32.1. The van der Waals surface area contributed by atoms with Crippen molar-refractivity contribution >= 4 is 23.5 Å². The topological polar surface area (TPSA) is 59.9 Å². The number of carbonyl (C=O) groups excluding carboxylic acids is 1. The van der Waals surface area contributed by atoms with E-state index in [0.717, 1.165) is 19.3 Å². The lowest BCUT2D eigenvalue weighted by Crippen LogP contribution is -2.16. The number of benzene rings is 1. The first-order chi connectivity index (χ1) is 12.6. The first kappa shape index (κ1) is 18.3. The van der Waals surface area contributed by atoms with E-state index in [-0.39, 0.29) is 23.0 Å². The molecule has 1 aliphatic rings. The maximum Gasteiger partial charge on any atom is 0.387 e. The minimum absolute atomic E-state index is 0.113. The molecular weight excluding hydrogens is 362 g/mol. The van der Waals surface area contributed by atoms with Crippen molar-refractivity contribution in [1.29, 1.82) is 0 Å². The van der Waals surface area contributed by atoms with Crippen LogP contribution < -0.4 is 14.9 Å². The SMILES string of the molecule is CCOc1cccc(/C=N\NC(=O)c2cc3c(s2)CCC3)c1OC(F)F. The molecule has 1 amide bonds. The van der Waals surface area contributed by atoms with Crippen molar-refractivity contribution in [3.63, 3.8) is 0 Å². The Balaban J connectivity index is 1.72. The maximum absolute atomic E-state index is 12.7. The number of alkyl halides is 2. The third-order valence-electron chi connectivity index (χ3n) is 3.86. The van der Waals surface area contributed by atoms with Gasteiger partial charge >= 0.3 is 6.61 Å². The molecule has 5 nitrogen and oxygen atoms in total. The molecule has 138 valence electrons. The van der Waals surface area contributed by atoms with Crippen LogP contribution in [0.4, 0.5) is 8.78 Å². The van der Waals surface area contributed by atoms with Gasteiger partial charge in [-0.15, -0.1) is 11.3 Å². The predicted octanol–water partition coefficient (Wildman–Crippen LogP) is 4.00. The molecule has 26 heavy (non-hydrogen) atoms. The number of thiophene rings is 1. The number of nitrogens with one attached hydrogen (secondary N) is 1. The van der Waals surface area contributed by atoms with Gasteiger partial charge < -0.3 is 9.47 Å². The zero-order chi connectivity index (χ0) is 18.5. The van der Waals surface area contributed by atoms with Crippen molar-refractivity contribution in [2.75, 3.05) is 6.61 Å². The third kappa shape index (κ3) is 4.19. The van der Waals surface area contributed by atoms with Crippen LogP contribution in [0.5, 0.6) is 11.5 Å². The molecule has 2 aromatic rings. The number of hydrogen-bond acceptors (Lipinski definition) is 5. The fraction of sp³-hybridized carbons (Fsp3) is 0.333. The molecule has 0 saturated carbocycles. The summed E-state index contributed by atoms with van der Waals surface area (Å²) in [6.45, 7) is -0.947.